The van der Waals surface area contributed by atoms with Gasteiger partial charge in [-0.2, -0.15) is 18.2 Å². The molecule has 10 heteroatoms. The van der Waals surface area contributed by atoms with Crippen molar-refractivity contribution in [3.8, 4) is 11.4 Å². The molecule has 2 aromatic rings. The second-order valence-electron chi connectivity index (χ2n) is 7.53. The smallest absolute Gasteiger partial charge is 0.350 e. The van der Waals surface area contributed by atoms with E-state index in [1.54, 1.807) is 12.1 Å². The van der Waals surface area contributed by atoms with E-state index in [1.807, 2.05) is 20.8 Å². The fourth-order valence-corrected chi connectivity index (χ4v) is 2.94. The van der Waals surface area contributed by atoms with Gasteiger partial charge in [0, 0.05) is 23.2 Å². The summed E-state index contributed by atoms with van der Waals surface area (Å²) in [4.78, 5) is 29.6. The normalized spacial score (nSPS) is 17.9. The quantitative estimate of drug-likeness (QED) is 0.861. The lowest BCUT2D eigenvalue weighted by molar-refractivity contribution is -0.159. The number of amides is 2. The van der Waals surface area contributed by atoms with E-state index < -0.39 is 23.6 Å². The van der Waals surface area contributed by atoms with Crippen LogP contribution in [0.5, 0.6) is 0 Å². The first-order valence-corrected chi connectivity index (χ1v) is 8.61. The number of carbonyl (C=O) groups is 2. The molecule has 1 N–H and O–H groups in total. The van der Waals surface area contributed by atoms with Crippen LogP contribution < -0.4 is 10.2 Å². The van der Waals surface area contributed by atoms with Crippen molar-refractivity contribution >= 4 is 17.5 Å². The molecule has 1 aliphatic rings. The molecule has 0 unspecified atom stereocenters. The summed E-state index contributed by atoms with van der Waals surface area (Å²) in [6, 6.07) is 5.40. The average molecular weight is 396 g/mol. The van der Waals surface area contributed by atoms with Crippen molar-refractivity contribution in [2.75, 3.05) is 4.90 Å². The van der Waals surface area contributed by atoms with E-state index in [-0.39, 0.29) is 24.1 Å². The number of hydrogen-bond acceptors (Lipinski definition) is 5. The van der Waals surface area contributed by atoms with Crippen LogP contribution in [0.25, 0.3) is 11.4 Å². The van der Waals surface area contributed by atoms with Crippen LogP contribution >= 0.6 is 0 Å². The van der Waals surface area contributed by atoms with Crippen molar-refractivity contribution in [2.45, 2.75) is 51.4 Å². The third kappa shape index (κ3) is 4.15. The number of carbonyl (C=O) groups excluding carboxylic acids is 2. The summed E-state index contributed by atoms with van der Waals surface area (Å²) in [7, 11) is 0. The minimum absolute atomic E-state index is 0.194. The maximum absolute atomic E-state index is 12.6. The van der Waals surface area contributed by atoms with Gasteiger partial charge in [0.1, 0.15) is 6.04 Å². The van der Waals surface area contributed by atoms with Crippen LogP contribution in [-0.4, -0.2) is 33.5 Å². The first-order valence-electron chi connectivity index (χ1n) is 8.61. The van der Waals surface area contributed by atoms with Crippen LogP contribution in [0.4, 0.5) is 18.9 Å². The number of halogens is 3. The summed E-state index contributed by atoms with van der Waals surface area (Å²) >= 11 is 0. The largest absolute Gasteiger partial charge is 0.471 e. The van der Waals surface area contributed by atoms with Crippen LogP contribution in [0, 0.1) is 0 Å². The molecule has 0 aliphatic carbocycles. The predicted octanol–water partition coefficient (Wildman–Crippen LogP) is 3.17. The highest BCUT2D eigenvalue weighted by atomic mass is 19.4. The van der Waals surface area contributed by atoms with Gasteiger partial charge in [-0.1, -0.05) is 5.16 Å². The number of nitrogens with zero attached hydrogens (tertiary/aromatic N) is 3. The van der Waals surface area contributed by atoms with E-state index in [2.05, 4.69) is 20.0 Å². The number of anilines is 1. The lowest BCUT2D eigenvalue weighted by Gasteiger charge is -2.28. The monoisotopic (exact) mass is 396 g/mol. The standard InChI is InChI=1S/C18H19F3N4O3/c1-17(2,3)23-15(27)12-8-9-13(26)25(12)11-6-4-10(5-7-11)14-22-16(28-24-14)18(19,20)21/h4-7,12H,8-9H2,1-3H3,(H,23,27)/t12-/m0/s1. The molecule has 2 heterocycles. The van der Waals surface area contributed by atoms with Gasteiger partial charge in [0.15, 0.2) is 0 Å². The lowest BCUT2D eigenvalue weighted by Crippen LogP contribution is -2.50. The Morgan fingerprint density at radius 1 is 1.21 bits per heavy atom. The predicted molar refractivity (Wildman–Crippen MR) is 93.1 cm³/mol. The number of alkyl halides is 3. The molecule has 1 fully saturated rings. The second-order valence-corrected chi connectivity index (χ2v) is 7.53. The van der Waals surface area contributed by atoms with Crippen LogP contribution in [-0.2, 0) is 15.8 Å². The van der Waals surface area contributed by atoms with Crippen molar-refractivity contribution in [3.63, 3.8) is 0 Å². The minimum atomic E-state index is -4.72. The van der Waals surface area contributed by atoms with Gasteiger partial charge in [-0.25, -0.2) is 0 Å². The van der Waals surface area contributed by atoms with Gasteiger partial charge in [-0.15, -0.1) is 0 Å². The maximum Gasteiger partial charge on any atom is 0.471 e. The number of aromatic nitrogens is 2. The Kier molecular flexibility index (Phi) is 4.90. The van der Waals surface area contributed by atoms with E-state index >= 15 is 0 Å². The lowest BCUT2D eigenvalue weighted by atomic mass is 10.1. The molecule has 1 atom stereocenters. The molecule has 1 aromatic heterocycles. The molecule has 0 saturated carbocycles. The zero-order valence-electron chi connectivity index (χ0n) is 15.5. The fraction of sp³-hybridized carbons (Fsp3) is 0.444. The fourth-order valence-electron chi connectivity index (χ4n) is 2.94. The Balaban J connectivity index is 1.82. The molecule has 150 valence electrons. The van der Waals surface area contributed by atoms with E-state index in [1.165, 1.54) is 17.0 Å². The zero-order valence-corrected chi connectivity index (χ0v) is 15.5. The van der Waals surface area contributed by atoms with Gasteiger partial charge in [-0.3, -0.25) is 14.5 Å². The Morgan fingerprint density at radius 3 is 2.39 bits per heavy atom. The molecule has 1 aliphatic heterocycles. The van der Waals surface area contributed by atoms with Gasteiger partial charge in [-0.05, 0) is 51.5 Å². The molecule has 0 spiro atoms. The van der Waals surface area contributed by atoms with Crippen LogP contribution in [0.1, 0.15) is 39.5 Å². The Hall–Kier alpha value is -2.91. The SMILES string of the molecule is CC(C)(C)NC(=O)[C@@H]1CCC(=O)N1c1ccc(-c2noc(C(F)(F)F)n2)cc1. The number of rotatable bonds is 3. The Bertz CT molecular complexity index is 885. The highest BCUT2D eigenvalue weighted by Crippen LogP contribution is 2.31. The van der Waals surface area contributed by atoms with E-state index in [9.17, 15) is 22.8 Å². The molecular formula is C18H19F3N4O3. The van der Waals surface area contributed by atoms with Gasteiger partial charge >= 0.3 is 12.1 Å². The molecule has 0 bridgehead atoms. The first kappa shape index (κ1) is 19.8. The number of benzene rings is 1. The van der Waals surface area contributed by atoms with Crippen molar-refractivity contribution in [3.05, 3.63) is 30.2 Å². The molecule has 1 aromatic carbocycles. The van der Waals surface area contributed by atoms with Gasteiger partial charge < -0.3 is 9.84 Å². The third-order valence-electron chi connectivity index (χ3n) is 4.09. The van der Waals surface area contributed by atoms with Crippen molar-refractivity contribution in [2.24, 2.45) is 0 Å². The summed E-state index contributed by atoms with van der Waals surface area (Å²) < 4.78 is 42.0. The van der Waals surface area contributed by atoms with Crippen LogP contribution in [0.3, 0.4) is 0 Å². The minimum Gasteiger partial charge on any atom is -0.350 e. The zero-order chi connectivity index (χ0) is 20.7. The van der Waals surface area contributed by atoms with Crippen LogP contribution in [0.15, 0.2) is 28.8 Å². The molecule has 7 nitrogen and oxygen atoms in total. The first-order chi connectivity index (χ1) is 13.0. The summed E-state index contributed by atoms with van der Waals surface area (Å²) in [5.74, 6) is -2.09. The van der Waals surface area contributed by atoms with Crippen molar-refractivity contribution < 1.29 is 27.3 Å². The van der Waals surface area contributed by atoms with Gasteiger partial charge in [0.2, 0.25) is 17.6 Å². The summed E-state index contributed by atoms with van der Waals surface area (Å²) in [5.41, 5.74) is 0.331. The summed E-state index contributed by atoms with van der Waals surface area (Å²) in [5, 5.41) is 6.19. The molecular weight excluding hydrogens is 377 g/mol. The molecule has 0 radical (unpaired) electrons. The van der Waals surface area contributed by atoms with E-state index in [4.69, 9.17) is 0 Å². The highest BCUT2D eigenvalue weighted by Gasteiger charge is 2.39. The topological polar surface area (TPSA) is 88.3 Å². The van der Waals surface area contributed by atoms with Crippen molar-refractivity contribution in [1.82, 2.24) is 15.5 Å². The van der Waals surface area contributed by atoms with Gasteiger partial charge in [0.25, 0.3) is 0 Å². The van der Waals surface area contributed by atoms with E-state index in [0.29, 0.717) is 17.7 Å². The molecule has 28 heavy (non-hydrogen) atoms. The van der Waals surface area contributed by atoms with Gasteiger partial charge in [0.05, 0.1) is 0 Å². The number of hydrogen-bond donors (Lipinski definition) is 1. The van der Waals surface area contributed by atoms with Crippen LogP contribution in [0.2, 0.25) is 0 Å². The molecule has 2 amide bonds. The average Bonchev–Trinajstić information content (AvgIpc) is 3.20. The van der Waals surface area contributed by atoms with Crippen molar-refractivity contribution in [1.29, 1.82) is 0 Å². The van der Waals surface area contributed by atoms with E-state index in [0.717, 1.165) is 0 Å². The molecule has 3 rings (SSSR count). The third-order valence-corrected chi connectivity index (χ3v) is 4.09. The number of nitrogens with one attached hydrogen (secondary N) is 1. The highest BCUT2D eigenvalue weighted by molar-refractivity contribution is 6.04. The molecule has 1 saturated heterocycles. The summed E-state index contributed by atoms with van der Waals surface area (Å²) in [6.45, 7) is 5.54. The second kappa shape index (κ2) is 6.92. The maximum atomic E-state index is 12.6. The Morgan fingerprint density at radius 2 is 1.86 bits per heavy atom. The Labute approximate surface area is 158 Å². The summed E-state index contributed by atoms with van der Waals surface area (Å²) in [6.07, 6.45) is -4.09.